The molecule has 28 nitrogen and oxygen atoms in total. The average Bonchev–Trinajstić information content (AvgIpc) is 1.62. The van der Waals surface area contributed by atoms with Gasteiger partial charge in [0.05, 0.1) is 13.1 Å². The molecule has 0 aromatic carbocycles. The van der Waals surface area contributed by atoms with Gasteiger partial charge < -0.3 is 73.6 Å². The Kier molecular flexibility index (Phi) is 30.5. The average molecular weight is 1300 g/mol. The molecule has 0 bridgehead atoms. The zero-order chi connectivity index (χ0) is 70.1. The van der Waals surface area contributed by atoms with Crippen LogP contribution in [0, 0.1) is 59.2 Å². The van der Waals surface area contributed by atoms with Crippen molar-refractivity contribution in [1.82, 2.24) is 73.6 Å². The van der Waals surface area contributed by atoms with E-state index >= 15 is 0 Å². The Morgan fingerprint density at radius 1 is 0.250 bits per heavy atom. The Bertz CT molecular complexity index is 2660. The van der Waals surface area contributed by atoms with E-state index in [0.717, 1.165) is 0 Å². The Balaban J connectivity index is 2.07. The van der Waals surface area contributed by atoms with E-state index in [1.807, 2.05) is 0 Å². The predicted octanol–water partition coefficient (Wildman–Crippen LogP) is -0.378. The molecular weight excluding hydrogens is 1190 g/mol. The van der Waals surface area contributed by atoms with E-state index in [0.29, 0.717) is 12.8 Å². The van der Waals surface area contributed by atoms with Crippen molar-refractivity contribution >= 4 is 82.7 Å². The summed E-state index contributed by atoms with van der Waals surface area (Å²) >= 11 is 0. The number of fused-ring (bicyclic) bond motifs is 2. The maximum atomic E-state index is 14.4. The lowest BCUT2D eigenvalue weighted by molar-refractivity contribution is -0.143. The van der Waals surface area contributed by atoms with Crippen molar-refractivity contribution < 1.29 is 67.1 Å². The molecule has 3 heterocycles. The SMILES string of the molecule is CC(C)[C@@H]1NC(=O)CNC(=O)[C@H]2CCCN2C(=O)[C@H](C(C)C)NC(=O)CNC(=O)[C@H]2CCCN2C(=O)[C@H](C(C)C)NC(=O)[C@@H](C(C)C)NC(=O)[C@H](C(C)C)NC(=O)[C@@H](C(C)C)NC(=O)[C@H](C(C)C)NC(=O)[C@@H](C(C)C)NC(=O)[C@H](C(C)C)NC(=O)[C@@H](C(C)C)NC1=O. The molecule has 3 aliphatic heterocycles. The van der Waals surface area contributed by atoms with Crippen LogP contribution in [0.1, 0.15) is 164 Å². The van der Waals surface area contributed by atoms with E-state index < -0.39 is 227 Å². The second kappa shape index (κ2) is 35.6. The zero-order valence-corrected chi connectivity index (χ0v) is 58.0. The summed E-state index contributed by atoms with van der Waals surface area (Å²) in [7, 11) is 0. The molecule has 3 fully saturated rings. The normalized spacial score (nSPS) is 28.4. The number of hydrogen-bond acceptors (Lipinski definition) is 14. The zero-order valence-electron chi connectivity index (χ0n) is 58.0. The van der Waals surface area contributed by atoms with E-state index in [9.17, 15) is 67.1 Å². The van der Waals surface area contributed by atoms with Gasteiger partial charge in [-0.2, -0.15) is 0 Å². The van der Waals surface area contributed by atoms with Gasteiger partial charge in [-0.15, -0.1) is 0 Å². The first-order valence-electron chi connectivity index (χ1n) is 32.9. The highest BCUT2D eigenvalue weighted by atomic mass is 16.2. The van der Waals surface area contributed by atoms with Crippen LogP contribution in [0.25, 0.3) is 0 Å². The van der Waals surface area contributed by atoms with Gasteiger partial charge in [0.15, 0.2) is 0 Å². The van der Waals surface area contributed by atoms with Crippen LogP contribution in [0.4, 0.5) is 0 Å². The lowest BCUT2D eigenvalue weighted by Gasteiger charge is -2.33. The molecule has 14 amide bonds. The third kappa shape index (κ3) is 21.9. The molecule has 92 heavy (non-hydrogen) atoms. The highest BCUT2D eigenvalue weighted by molar-refractivity contribution is 6.00. The van der Waals surface area contributed by atoms with Gasteiger partial charge in [-0.3, -0.25) is 67.1 Å². The number of carbonyl (C=O) groups is 14. The topological polar surface area (TPSA) is 390 Å². The predicted molar refractivity (Wildman–Crippen MR) is 343 cm³/mol. The minimum atomic E-state index is -1.26. The molecular formula is C64H110N14O14. The summed E-state index contributed by atoms with van der Waals surface area (Å²) in [5, 5.41) is 32.5. The molecule has 0 unspecified atom stereocenters. The second-order valence-corrected chi connectivity index (χ2v) is 28.2. The molecule has 0 aromatic rings. The Hall–Kier alpha value is -7.42. The van der Waals surface area contributed by atoms with Crippen molar-refractivity contribution in [3.63, 3.8) is 0 Å². The molecule has 0 spiro atoms. The van der Waals surface area contributed by atoms with Crippen molar-refractivity contribution in [2.45, 2.75) is 237 Å². The van der Waals surface area contributed by atoms with Crippen molar-refractivity contribution in [1.29, 1.82) is 0 Å². The van der Waals surface area contributed by atoms with Gasteiger partial charge in [0, 0.05) is 13.1 Å². The van der Waals surface area contributed by atoms with E-state index in [4.69, 9.17) is 0 Å². The summed E-state index contributed by atoms with van der Waals surface area (Å²) in [6, 6.07) is -14.3. The molecule has 0 radical (unpaired) electrons. The van der Waals surface area contributed by atoms with Crippen molar-refractivity contribution in [2.24, 2.45) is 59.2 Å². The summed E-state index contributed by atoms with van der Waals surface area (Å²) in [5.74, 6) is -15.3. The molecule has 520 valence electrons. The van der Waals surface area contributed by atoms with Crippen LogP contribution in [0.2, 0.25) is 0 Å². The molecule has 28 heteroatoms. The first kappa shape index (κ1) is 78.8. The summed E-state index contributed by atoms with van der Waals surface area (Å²) in [6.07, 6.45) is 1.32. The molecule has 12 N–H and O–H groups in total. The number of hydrogen-bond donors (Lipinski definition) is 12. The second-order valence-electron chi connectivity index (χ2n) is 28.2. The minimum Gasteiger partial charge on any atom is -0.345 e. The summed E-state index contributed by atoms with van der Waals surface area (Å²) in [6.45, 7) is 32.7. The van der Waals surface area contributed by atoms with Gasteiger partial charge in [-0.25, -0.2) is 0 Å². The van der Waals surface area contributed by atoms with Crippen molar-refractivity contribution in [2.75, 3.05) is 26.2 Å². The lowest BCUT2D eigenvalue weighted by atomic mass is 9.96. The number of nitrogens with zero attached hydrogens (tertiary/aromatic N) is 2. The molecule has 0 saturated carbocycles. The standard InChI is InChI=1S/C64H110N14O14/c1-29(2)43-55(83)69-44(30(3)4)56(84)70-45(31(5)6)57(85)71-46(32(7)8)58(86)72-47(33(9)10)59(87)73-48(34(11)12)60(88)74-49(35(13)14)61(89)75-50(36(15)16)62(90)76-52(38(19)20)64(92)78-26-22-24-40(78)54(82)66-28-42(80)68-51(37(17)18)63(91)77-25-21-23-39(77)53(81)65-27-41(79)67-43/h29-40,43-52H,21-28H2,1-20H3,(H,65,81)(H,66,82)(H,67,79)(H,68,80)(H,69,83)(H,70,84)(H,71,85)(H,72,86)(H,73,87)(H,74,88)(H,75,89)(H,76,90)/t39-,40-,43+,44-,45+,46-,47+,48-,49+,50-,51+,52+/m1/s1. The van der Waals surface area contributed by atoms with E-state index in [1.165, 1.54) is 9.80 Å². The highest BCUT2D eigenvalue weighted by Gasteiger charge is 2.44. The molecule has 3 saturated heterocycles. The van der Waals surface area contributed by atoms with Crippen LogP contribution in [-0.4, -0.2) is 191 Å². The summed E-state index contributed by atoms with van der Waals surface area (Å²) in [4.78, 5) is 200. The monoisotopic (exact) mass is 1300 g/mol. The smallest absolute Gasteiger partial charge is 0.246 e. The van der Waals surface area contributed by atoms with Gasteiger partial charge in [0.25, 0.3) is 0 Å². The number of amides is 14. The van der Waals surface area contributed by atoms with Crippen LogP contribution in [0.5, 0.6) is 0 Å². The van der Waals surface area contributed by atoms with Crippen LogP contribution in [-0.2, 0) is 67.1 Å². The quantitative estimate of drug-likeness (QED) is 0.133. The molecule has 0 aliphatic carbocycles. The largest absolute Gasteiger partial charge is 0.345 e. The number of nitrogens with one attached hydrogen (secondary N) is 12. The minimum absolute atomic E-state index is 0.152. The fourth-order valence-corrected chi connectivity index (χ4v) is 11.2. The van der Waals surface area contributed by atoms with Crippen LogP contribution in [0.15, 0.2) is 0 Å². The van der Waals surface area contributed by atoms with Crippen LogP contribution < -0.4 is 63.8 Å². The van der Waals surface area contributed by atoms with E-state index in [-0.39, 0.29) is 25.9 Å². The van der Waals surface area contributed by atoms with E-state index in [2.05, 4.69) is 63.8 Å². The first-order valence-corrected chi connectivity index (χ1v) is 32.9. The van der Waals surface area contributed by atoms with Crippen LogP contribution >= 0.6 is 0 Å². The summed E-state index contributed by atoms with van der Waals surface area (Å²) in [5.41, 5.74) is 0. The number of rotatable bonds is 10. The molecule has 0 aromatic heterocycles. The summed E-state index contributed by atoms with van der Waals surface area (Å²) < 4.78 is 0. The third-order valence-electron chi connectivity index (χ3n) is 17.0. The van der Waals surface area contributed by atoms with Gasteiger partial charge in [0.2, 0.25) is 82.7 Å². The Morgan fingerprint density at radius 3 is 0.630 bits per heavy atom. The first-order chi connectivity index (χ1) is 42.7. The third-order valence-corrected chi connectivity index (χ3v) is 17.0. The maximum absolute atomic E-state index is 14.4. The van der Waals surface area contributed by atoms with Gasteiger partial charge in [-0.05, 0) is 84.9 Å². The van der Waals surface area contributed by atoms with Gasteiger partial charge >= 0.3 is 0 Å². The molecule has 3 rings (SSSR count). The lowest BCUT2D eigenvalue weighted by Crippen LogP contribution is -2.63. The van der Waals surface area contributed by atoms with Gasteiger partial charge in [0.1, 0.15) is 72.5 Å². The van der Waals surface area contributed by atoms with E-state index in [1.54, 1.807) is 138 Å². The highest BCUT2D eigenvalue weighted by Crippen LogP contribution is 2.23. The van der Waals surface area contributed by atoms with Crippen LogP contribution in [0.3, 0.4) is 0 Å². The van der Waals surface area contributed by atoms with Crippen molar-refractivity contribution in [3.05, 3.63) is 0 Å². The molecule has 12 atom stereocenters. The van der Waals surface area contributed by atoms with Gasteiger partial charge in [-0.1, -0.05) is 138 Å². The van der Waals surface area contributed by atoms with Crippen molar-refractivity contribution in [3.8, 4) is 0 Å². The molecule has 3 aliphatic rings. The fourth-order valence-electron chi connectivity index (χ4n) is 11.2. The number of carbonyl (C=O) groups excluding carboxylic acids is 14. The maximum Gasteiger partial charge on any atom is 0.246 e. The fraction of sp³-hybridized carbons (Fsp3) is 0.781. The Labute approximate surface area is 543 Å². The Morgan fingerprint density at radius 2 is 0.424 bits per heavy atom.